The van der Waals surface area contributed by atoms with Gasteiger partial charge < -0.3 is 16.0 Å². The molecule has 2 amide bonds. The SMILES string of the molecule is CCCC(NC(=O)Cc1cc(F)cc(F)c1)C(=O)Nc1ccc(CCC(C)NCCC(C)C)cn1. The van der Waals surface area contributed by atoms with Crippen molar-refractivity contribution in [3.8, 4) is 0 Å². The van der Waals surface area contributed by atoms with Gasteiger partial charge in [-0.2, -0.15) is 0 Å². The summed E-state index contributed by atoms with van der Waals surface area (Å²) in [6.07, 6.45) is 5.65. The van der Waals surface area contributed by atoms with Crippen LogP contribution in [0.1, 0.15) is 64.5 Å². The van der Waals surface area contributed by atoms with Crippen molar-refractivity contribution in [3.05, 3.63) is 59.3 Å². The van der Waals surface area contributed by atoms with Gasteiger partial charge in [0.25, 0.3) is 0 Å². The topological polar surface area (TPSA) is 83.1 Å². The Labute approximate surface area is 207 Å². The molecule has 0 radical (unpaired) electrons. The van der Waals surface area contributed by atoms with E-state index in [4.69, 9.17) is 0 Å². The summed E-state index contributed by atoms with van der Waals surface area (Å²) in [6, 6.07) is 6.29. The Balaban J connectivity index is 1.86. The minimum atomic E-state index is -0.773. The van der Waals surface area contributed by atoms with Gasteiger partial charge >= 0.3 is 0 Å². The van der Waals surface area contributed by atoms with Crippen LogP contribution in [0.3, 0.4) is 0 Å². The van der Waals surface area contributed by atoms with E-state index in [2.05, 4.69) is 41.7 Å². The lowest BCUT2D eigenvalue weighted by Crippen LogP contribution is -2.44. The van der Waals surface area contributed by atoms with Crippen LogP contribution in [0.5, 0.6) is 0 Å². The molecule has 2 unspecified atom stereocenters. The first-order valence-electron chi connectivity index (χ1n) is 12.4. The van der Waals surface area contributed by atoms with E-state index in [-0.39, 0.29) is 17.9 Å². The number of aromatic nitrogens is 1. The summed E-state index contributed by atoms with van der Waals surface area (Å²) < 4.78 is 26.8. The number of aryl methyl sites for hydroxylation is 1. The normalized spacial score (nSPS) is 12.9. The van der Waals surface area contributed by atoms with Gasteiger partial charge in [-0.05, 0) is 74.4 Å². The number of halogens is 2. The maximum Gasteiger partial charge on any atom is 0.248 e. The number of pyridine rings is 1. The monoisotopic (exact) mass is 488 g/mol. The molecular weight excluding hydrogens is 450 g/mol. The first kappa shape index (κ1) is 28.4. The van der Waals surface area contributed by atoms with E-state index in [9.17, 15) is 18.4 Å². The predicted octanol–water partition coefficient (Wildman–Crippen LogP) is 4.78. The van der Waals surface area contributed by atoms with Gasteiger partial charge in [-0.3, -0.25) is 9.59 Å². The number of hydrogen-bond acceptors (Lipinski definition) is 4. The number of rotatable bonds is 14. The first-order chi connectivity index (χ1) is 16.7. The minimum absolute atomic E-state index is 0.206. The van der Waals surface area contributed by atoms with Gasteiger partial charge in [0.1, 0.15) is 23.5 Å². The van der Waals surface area contributed by atoms with Crippen LogP contribution < -0.4 is 16.0 Å². The summed E-state index contributed by atoms with van der Waals surface area (Å²) in [6.45, 7) is 9.52. The molecule has 2 aromatic rings. The largest absolute Gasteiger partial charge is 0.344 e. The van der Waals surface area contributed by atoms with Gasteiger partial charge in [0.2, 0.25) is 11.8 Å². The maximum atomic E-state index is 13.4. The van der Waals surface area contributed by atoms with E-state index in [1.807, 2.05) is 13.0 Å². The summed E-state index contributed by atoms with van der Waals surface area (Å²) in [5.74, 6) is -1.27. The minimum Gasteiger partial charge on any atom is -0.344 e. The third-order valence-corrected chi connectivity index (χ3v) is 5.67. The smallest absolute Gasteiger partial charge is 0.248 e. The van der Waals surface area contributed by atoms with Gasteiger partial charge in [-0.1, -0.05) is 33.3 Å². The zero-order valence-electron chi connectivity index (χ0n) is 21.2. The van der Waals surface area contributed by atoms with E-state index < -0.39 is 23.6 Å². The molecule has 0 spiro atoms. The van der Waals surface area contributed by atoms with Crippen LogP contribution in [0.4, 0.5) is 14.6 Å². The molecule has 2 rings (SSSR count). The van der Waals surface area contributed by atoms with Crippen molar-refractivity contribution in [2.24, 2.45) is 5.92 Å². The van der Waals surface area contributed by atoms with E-state index >= 15 is 0 Å². The van der Waals surface area contributed by atoms with Crippen molar-refractivity contribution in [2.75, 3.05) is 11.9 Å². The molecule has 8 heteroatoms. The lowest BCUT2D eigenvalue weighted by Gasteiger charge is -2.18. The number of carbonyl (C=O) groups excluding carboxylic acids is 2. The van der Waals surface area contributed by atoms with Gasteiger partial charge in [0.05, 0.1) is 6.42 Å². The molecule has 1 heterocycles. The molecule has 6 nitrogen and oxygen atoms in total. The number of nitrogens with zero attached hydrogens (tertiary/aromatic N) is 1. The molecule has 1 aromatic carbocycles. The first-order valence-corrected chi connectivity index (χ1v) is 12.4. The van der Waals surface area contributed by atoms with Crippen molar-refractivity contribution in [1.29, 1.82) is 0 Å². The third-order valence-electron chi connectivity index (χ3n) is 5.67. The quantitative estimate of drug-likeness (QED) is 0.357. The van der Waals surface area contributed by atoms with Crippen molar-refractivity contribution in [2.45, 2.75) is 78.3 Å². The van der Waals surface area contributed by atoms with Gasteiger partial charge in [-0.15, -0.1) is 0 Å². The van der Waals surface area contributed by atoms with E-state index in [1.54, 1.807) is 12.3 Å². The average molecular weight is 489 g/mol. The Morgan fingerprint density at radius 2 is 1.69 bits per heavy atom. The second-order valence-corrected chi connectivity index (χ2v) is 9.48. The van der Waals surface area contributed by atoms with E-state index in [0.717, 1.165) is 49.6 Å². The fraction of sp³-hybridized carbons (Fsp3) is 0.519. The molecular formula is C27H38F2N4O2. The molecule has 1 aromatic heterocycles. The van der Waals surface area contributed by atoms with Crippen LogP contribution in [-0.4, -0.2) is 35.4 Å². The highest BCUT2D eigenvalue weighted by molar-refractivity contribution is 5.96. The van der Waals surface area contributed by atoms with Crippen LogP contribution in [0.15, 0.2) is 36.5 Å². The van der Waals surface area contributed by atoms with E-state index in [1.165, 1.54) is 0 Å². The van der Waals surface area contributed by atoms with Crippen molar-refractivity contribution < 1.29 is 18.4 Å². The Morgan fingerprint density at radius 3 is 2.29 bits per heavy atom. The second-order valence-electron chi connectivity index (χ2n) is 9.48. The molecule has 0 aliphatic heterocycles. The molecule has 0 aliphatic rings. The van der Waals surface area contributed by atoms with Crippen LogP contribution in [-0.2, 0) is 22.4 Å². The molecule has 35 heavy (non-hydrogen) atoms. The van der Waals surface area contributed by atoms with Gasteiger partial charge in [0.15, 0.2) is 0 Å². The fourth-order valence-corrected chi connectivity index (χ4v) is 3.66. The number of amides is 2. The summed E-state index contributed by atoms with van der Waals surface area (Å²) in [4.78, 5) is 29.5. The highest BCUT2D eigenvalue weighted by Gasteiger charge is 2.21. The molecule has 3 N–H and O–H groups in total. The number of carbonyl (C=O) groups is 2. The van der Waals surface area contributed by atoms with Gasteiger partial charge in [0, 0.05) is 18.3 Å². The van der Waals surface area contributed by atoms with Crippen LogP contribution in [0.2, 0.25) is 0 Å². The van der Waals surface area contributed by atoms with Crippen LogP contribution in [0, 0.1) is 17.6 Å². The standard InChI is InChI=1S/C27H38F2N4O2/c1-5-6-24(32-26(34)15-21-13-22(28)16-23(29)14-21)27(35)33-25-10-9-20(17-31-25)8-7-19(4)30-12-11-18(2)3/h9-10,13-14,16-19,24,30H,5-8,11-12,15H2,1-4H3,(H,32,34)(H,31,33,35). The van der Waals surface area contributed by atoms with Crippen LogP contribution >= 0.6 is 0 Å². The molecule has 0 saturated heterocycles. The number of hydrogen-bond donors (Lipinski definition) is 3. The molecule has 0 bridgehead atoms. The molecule has 0 saturated carbocycles. The predicted molar refractivity (Wildman–Crippen MR) is 135 cm³/mol. The van der Waals surface area contributed by atoms with E-state index in [0.29, 0.717) is 30.6 Å². The number of nitrogens with one attached hydrogen (secondary N) is 3. The Bertz CT molecular complexity index is 930. The zero-order valence-corrected chi connectivity index (χ0v) is 21.2. The number of benzene rings is 1. The highest BCUT2D eigenvalue weighted by Crippen LogP contribution is 2.12. The van der Waals surface area contributed by atoms with Crippen molar-refractivity contribution >= 4 is 17.6 Å². The molecule has 0 fully saturated rings. The summed E-state index contributed by atoms with van der Waals surface area (Å²) in [5.41, 5.74) is 1.29. The zero-order chi connectivity index (χ0) is 25.8. The Hall–Kier alpha value is -2.87. The third kappa shape index (κ3) is 10.9. The maximum absolute atomic E-state index is 13.4. The lowest BCUT2D eigenvalue weighted by atomic mass is 10.1. The highest BCUT2D eigenvalue weighted by atomic mass is 19.1. The number of anilines is 1. The van der Waals surface area contributed by atoms with Gasteiger partial charge in [-0.25, -0.2) is 13.8 Å². The summed E-state index contributed by atoms with van der Waals surface area (Å²) in [7, 11) is 0. The Kier molecular flexibility index (Phi) is 11.8. The Morgan fingerprint density at radius 1 is 0.971 bits per heavy atom. The van der Waals surface area contributed by atoms with Crippen molar-refractivity contribution in [1.82, 2.24) is 15.6 Å². The molecule has 192 valence electrons. The summed E-state index contributed by atoms with van der Waals surface area (Å²) in [5, 5.41) is 8.94. The second kappa shape index (κ2) is 14.5. The van der Waals surface area contributed by atoms with Crippen molar-refractivity contribution in [3.63, 3.8) is 0 Å². The average Bonchev–Trinajstić information content (AvgIpc) is 2.77. The van der Waals surface area contributed by atoms with Crippen LogP contribution in [0.25, 0.3) is 0 Å². The molecule has 2 atom stereocenters. The lowest BCUT2D eigenvalue weighted by molar-refractivity contribution is -0.126. The summed E-state index contributed by atoms with van der Waals surface area (Å²) >= 11 is 0. The molecule has 0 aliphatic carbocycles. The fourth-order valence-electron chi connectivity index (χ4n) is 3.66.